The maximum atomic E-state index is 12.0. The first-order valence-electron chi connectivity index (χ1n) is 9.99. The lowest BCUT2D eigenvalue weighted by Crippen LogP contribution is -2.34. The molecule has 14 heteroatoms. The van der Waals surface area contributed by atoms with Gasteiger partial charge in [-0.05, 0) is 36.8 Å². The number of hydrogen-bond acceptors (Lipinski definition) is 8. The fourth-order valence-corrected chi connectivity index (χ4v) is 3.65. The molecule has 0 aliphatic carbocycles. The van der Waals surface area contributed by atoms with E-state index in [2.05, 4.69) is 42.7 Å². The minimum Gasteiger partial charge on any atom is -0.404 e. The van der Waals surface area contributed by atoms with E-state index in [0.717, 1.165) is 9.87 Å². The molecule has 0 unspecified atom stereocenters. The molecule has 0 saturated carbocycles. The molecule has 0 aliphatic heterocycles. The Labute approximate surface area is 199 Å². The summed E-state index contributed by atoms with van der Waals surface area (Å²) in [6.45, 7) is 2.60. The van der Waals surface area contributed by atoms with Gasteiger partial charge in [0.15, 0.2) is 5.65 Å². The number of fused-ring (bicyclic) bond motifs is 1. The second kappa shape index (κ2) is 9.77. The van der Waals surface area contributed by atoms with Crippen LogP contribution in [0.3, 0.4) is 0 Å². The van der Waals surface area contributed by atoms with Crippen LogP contribution in [-0.4, -0.2) is 47.1 Å². The molecule has 0 atom stereocenters. The van der Waals surface area contributed by atoms with Crippen LogP contribution in [-0.2, 0) is 11.1 Å². The molecule has 0 radical (unpaired) electrons. The van der Waals surface area contributed by atoms with Gasteiger partial charge in [-0.15, -0.1) is 0 Å². The average molecular weight is 501 g/mol. The first kappa shape index (κ1) is 23.6. The van der Waals surface area contributed by atoms with E-state index in [9.17, 15) is 9.36 Å². The number of pyridine rings is 1. The predicted molar refractivity (Wildman–Crippen MR) is 127 cm³/mol. The molecule has 3 heterocycles. The second-order valence-electron chi connectivity index (χ2n) is 7.07. The lowest BCUT2D eigenvalue weighted by Gasteiger charge is -2.14. The fourth-order valence-electron chi connectivity index (χ4n) is 3.08. The molecule has 0 aliphatic rings. The van der Waals surface area contributed by atoms with Crippen molar-refractivity contribution in [2.75, 3.05) is 10.8 Å². The molecule has 3 aromatic heterocycles. The predicted octanol–water partition coefficient (Wildman–Crippen LogP) is 2.79. The van der Waals surface area contributed by atoms with Gasteiger partial charge < -0.3 is 9.84 Å². The molecule has 34 heavy (non-hydrogen) atoms. The van der Waals surface area contributed by atoms with E-state index in [0.29, 0.717) is 41.3 Å². The first-order chi connectivity index (χ1) is 16.2. The van der Waals surface area contributed by atoms with Gasteiger partial charge in [0, 0.05) is 18.3 Å². The summed E-state index contributed by atoms with van der Waals surface area (Å²) in [5, 5.41) is 6.97. The number of carbonyl (C=O) groups is 1. The summed E-state index contributed by atoms with van der Waals surface area (Å²) in [7, 11) is -4.64. The van der Waals surface area contributed by atoms with Crippen molar-refractivity contribution in [1.29, 1.82) is 0 Å². The zero-order chi connectivity index (χ0) is 24.3. The second-order valence-corrected chi connectivity index (χ2v) is 8.63. The number of anilines is 1. The van der Waals surface area contributed by atoms with Gasteiger partial charge in [0.2, 0.25) is 0 Å². The largest absolute Gasteiger partial charge is 0.524 e. The highest BCUT2D eigenvalue weighted by Crippen LogP contribution is 2.37. The molecule has 176 valence electrons. The fraction of sp³-hybridized carbons (Fsp3) is 0.150. The lowest BCUT2D eigenvalue weighted by molar-refractivity contribution is 0.250. The number of rotatable bonds is 7. The van der Waals surface area contributed by atoms with Crippen LogP contribution in [0.15, 0.2) is 55.0 Å². The van der Waals surface area contributed by atoms with Gasteiger partial charge in [-0.2, -0.15) is 5.10 Å². The van der Waals surface area contributed by atoms with E-state index < -0.39 is 13.9 Å². The van der Waals surface area contributed by atoms with Gasteiger partial charge in [-0.1, -0.05) is 24.9 Å². The third kappa shape index (κ3) is 5.69. The summed E-state index contributed by atoms with van der Waals surface area (Å²) < 4.78 is 18.4. The van der Waals surface area contributed by atoms with Crippen molar-refractivity contribution in [3.63, 3.8) is 0 Å². The average Bonchev–Trinajstić information content (AvgIpc) is 3.25. The third-order valence-electron chi connectivity index (χ3n) is 4.53. The standard InChI is InChI=1S/C20H20N7O5PS/c1-2-21-20(28)27(34)18-7-6-16-19(25-18)24-17(10-22-16)14-9-23-26(12-14)11-13-4-3-5-15(8-13)32-33(29,30)31/h3-10,12,34H,2,11H2,1H3,(H,21,28)(H2,29,30,31). The van der Waals surface area contributed by atoms with Gasteiger partial charge in [0.1, 0.15) is 17.1 Å². The number of aromatic nitrogens is 5. The van der Waals surface area contributed by atoms with Crippen LogP contribution in [0.1, 0.15) is 12.5 Å². The van der Waals surface area contributed by atoms with Gasteiger partial charge in [-0.25, -0.2) is 23.6 Å². The molecular formula is C20H20N7O5PS. The number of urea groups is 1. The number of benzene rings is 1. The Morgan fingerprint density at radius 1 is 1.24 bits per heavy atom. The quantitative estimate of drug-likeness (QED) is 0.221. The molecule has 4 aromatic rings. The number of hydrogen-bond donors (Lipinski definition) is 4. The lowest BCUT2D eigenvalue weighted by atomic mass is 10.2. The molecule has 4 rings (SSSR count). The molecule has 0 fully saturated rings. The number of phosphoric ester groups is 1. The molecular weight excluding hydrogens is 481 g/mol. The van der Waals surface area contributed by atoms with Crippen molar-refractivity contribution in [1.82, 2.24) is 30.0 Å². The van der Waals surface area contributed by atoms with E-state index in [4.69, 9.17) is 9.79 Å². The smallest absolute Gasteiger partial charge is 0.404 e. The summed E-state index contributed by atoms with van der Waals surface area (Å²) >= 11 is 4.20. The Morgan fingerprint density at radius 3 is 2.82 bits per heavy atom. The molecule has 0 bridgehead atoms. The van der Waals surface area contributed by atoms with Crippen LogP contribution in [0.25, 0.3) is 22.4 Å². The highest BCUT2D eigenvalue weighted by atomic mass is 32.1. The normalized spacial score (nSPS) is 11.4. The maximum Gasteiger partial charge on any atom is 0.524 e. The minimum atomic E-state index is -4.64. The van der Waals surface area contributed by atoms with E-state index in [1.54, 1.807) is 54.5 Å². The summed E-state index contributed by atoms with van der Waals surface area (Å²) in [5.41, 5.74) is 2.85. The van der Waals surface area contributed by atoms with E-state index >= 15 is 0 Å². The number of phosphoric acid groups is 1. The van der Waals surface area contributed by atoms with Crippen molar-refractivity contribution in [3.8, 4) is 17.0 Å². The van der Waals surface area contributed by atoms with Crippen LogP contribution in [0.5, 0.6) is 5.75 Å². The monoisotopic (exact) mass is 501 g/mol. The minimum absolute atomic E-state index is 0.0614. The van der Waals surface area contributed by atoms with Crippen LogP contribution < -0.4 is 14.1 Å². The van der Waals surface area contributed by atoms with Gasteiger partial charge in [-0.3, -0.25) is 19.5 Å². The molecule has 0 saturated heterocycles. The first-order valence-corrected chi connectivity index (χ1v) is 11.9. The number of nitrogens with zero attached hydrogens (tertiary/aromatic N) is 6. The van der Waals surface area contributed by atoms with Crippen LogP contribution >= 0.6 is 20.6 Å². The summed E-state index contributed by atoms with van der Waals surface area (Å²) in [4.78, 5) is 43.3. The number of carbonyl (C=O) groups excluding carboxylic acids is 1. The zero-order valence-electron chi connectivity index (χ0n) is 17.8. The Kier molecular flexibility index (Phi) is 6.80. The van der Waals surface area contributed by atoms with Crippen LogP contribution in [0.2, 0.25) is 0 Å². The number of nitrogens with one attached hydrogen (secondary N) is 1. The third-order valence-corrected chi connectivity index (χ3v) is 5.36. The van der Waals surface area contributed by atoms with Crippen molar-refractivity contribution in [2.24, 2.45) is 0 Å². The molecule has 0 spiro atoms. The highest BCUT2D eigenvalue weighted by molar-refractivity contribution is 7.82. The van der Waals surface area contributed by atoms with Gasteiger partial charge in [0.25, 0.3) is 0 Å². The Hall–Kier alpha value is -3.51. The molecule has 2 amide bonds. The van der Waals surface area contributed by atoms with Crippen molar-refractivity contribution < 1.29 is 23.7 Å². The Bertz CT molecular complexity index is 1390. The van der Waals surface area contributed by atoms with Crippen LogP contribution in [0.4, 0.5) is 10.6 Å². The highest BCUT2D eigenvalue weighted by Gasteiger charge is 2.16. The van der Waals surface area contributed by atoms with E-state index in [1.165, 1.54) is 12.1 Å². The molecule has 1 aromatic carbocycles. The van der Waals surface area contributed by atoms with Crippen molar-refractivity contribution in [3.05, 3.63) is 60.6 Å². The summed E-state index contributed by atoms with van der Waals surface area (Å²) in [6, 6.07) is 9.33. The number of thiol groups is 1. The summed E-state index contributed by atoms with van der Waals surface area (Å²) in [5.74, 6) is 0.368. The Balaban J connectivity index is 1.55. The number of amides is 2. The Morgan fingerprint density at radius 2 is 2.06 bits per heavy atom. The van der Waals surface area contributed by atoms with E-state index in [-0.39, 0.29) is 5.75 Å². The van der Waals surface area contributed by atoms with Gasteiger partial charge in [0.05, 0.1) is 24.6 Å². The zero-order valence-corrected chi connectivity index (χ0v) is 19.6. The van der Waals surface area contributed by atoms with Gasteiger partial charge >= 0.3 is 13.9 Å². The topological polar surface area (TPSA) is 156 Å². The molecule has 12 nitrogen and oxygen atoms in total. The van der Waals surface area contributed by atoms with E-state index in [1.807, 2.05) is 0 Å². The van der Waals surface area contributed by atoms with Crippen molar-refractivity contribution in [2.45, 2.75) is 13.5 Å². The summed E-state index contributed by atoms with van der Waals surface area (Å²) in [6.07, 6.45) is 4.98. The SMILES string of the molecule is CCNC(=O)N(S)c1ccc2ncc(-c3cnn(Cc4cccc(OP(=O)(O)O)c4)c3)nc2n1. The van der Waals surface area contributed by atoms with Crippen molar-refractivity contribution >= 4 is 43.7 Å². The maximum absolute atomic E-state index is 12.0. The molecule has 3 N–H and O–H groups in total. The van der Waals surface area contributed by atoms with Crippen LogP contribution in [0, 0.1) is 0 Å².